The number of hydrogen-bond donors (Lipinski definition) is 4. The van der Waals surface area contributed by atoms with Gasteiger partial charge < -0.3 is 24.3 Å². The molecule has 0 spiro atoms. The minimum absolute atomic E-state index is 0.0510. The number of nitrogens with one attached hydrogen (secondary N) is 4. The second kappa shape index (κ2) is 16.2. The van der Waals surface area contributed by atoms with Crippen molar-refractivity contribution >= 4 is 34.0 Å². The number of esters is 1. The fraction of sp³-hybridized carbons (Fsp3) is 0.667. The Kier molecular flexibility index (Phi) is 13.0. The minimum atomic E-state index is -3.65. The van der Waals surface area contributed by atoms with Gasteiger partial charge in [-0.1, -0.05) is 25.5 Å². The number of benzene rings is 1. The lowest BCUT2D eigenvalue weighted by atomic mass is 9.88. The Hall–Kier alpha value is -3.43. The van der Waals surface area contributed by atoms with Crippen LogP contribution in [-0.4, -0.2) is 100 Å². The van der Waals surface area contributed by atoms with Crippen LogP contribution in [0.25, 0.3) is 0 Å². The van der Waals surface area contributed by atoms with Gasteiger partial charge in [-0.2, -0.15) is 0 Å². The lowest BCUT2D eigenvalue weighted by molar-refractivity contribution is -0.142. The van der Waals surface area contributed by atoms with Crippen LogP contribution in [0.15, 0.2) is 24.3 Å². The van der Waals surface area contributed by atoms with Crippen molar-refractivity contribution in [2.24, 2.45) is 5.92 Å². The number of piperidine rings is 1. The van der Waals surface area contributed by atoms with Crippen molar-refractivity contribution in [1.29, 1.82) is 5.41 Å². The van der Waals surface area contributed by atoms with Crippen molar-refractivity contribution < 1.29 is 41.7 Å². The standard InChI is InChI=1S/C30H47N5O9S/c1-6-7-16-45(39,40)34-24(27(36)41-5)17-20-8-10-22(11-9-20)42-19-23-18-35(29(38)43-23)25(21-12-14-32-15-13-21)26(31)33-28(37)44-30(2,3)4/h8-11,21,23-25,32,34H,6-7,12-19H2,1-5H3,(H2,31,33,37). The first-order chi connectivity index (χ1) is 21.2. The first-order valence-electron chi connectivity index (χ1n) is 15.3. The number of sulfonamides is 1. The summed E-state index contributed by atoms with van der Waals surface area (Å²) in [7, 11) is -2.44. The highest BCUT2D eigenvalue weighted by atomic mass is 32.2. The molecule has 3 atom stereocenters. The summed E-state index contributed by atoms with van der Waals surface area (Å²) in [5.74, 6) is -0.449. The molecule has 2 aliphatic heterocycles. The fourth-order valence-corrected chi connectivity index (χ4v) is 6.62. The zero-order chi connectivity index (χ0) is 33.2. The van der Waals surface area contributed by atoms with Gasteiger partial charge in [0.05, 0.1) is 25.4 Å². The third kappa shape index (κ3) is 11.5. The molecule has 1 aromatic carbocycles. The second-order valence-electron chi connectivity index (χ2n) is 12.3. The molecule has 0 aliphatic carbocycles. The van der Waals surface area contributed by atoms with Gasteiger partial charge in [0.15, 0.2) is 6.10 Å². The predicted octanol–water partition coefficient (Wildman–Crippen LogP) is 2.56. The number of amidine groups is 1. The summed E-state index contributed by atoms with van der Waals surface area (Å²) in [5.41, 5.74) is -0.0494. The summed E-state index contributed by atoms with van der Waals surface area (Å²) >= 11 is 0. The number of amides is 2. The van der Waals surface area contributed by atoms with Gasteiger partial charge in [0.25, 0.3) is 0 Å². The first-order valence-corrected chi connectivity index (χ1v) is 16.9. The molecule has 1 aromatic rings. The molecule has 0 saturated carbocycles. The molecule has 0 bridgehead atoms. The van der Waals surface area contributed by atoms with Gasteiger partial charge in [0, 0.05) is 0 Å². The zero-order valence-electron chi connectivity index (χ0n) is 26.7. The number of rotatable bonds is 14. The smallest absolute Gasteiger partial charge is 0.413 e. The van der Waals surface area contributed by atoms with Crippen LogP contribution >= 0.6 is 0 Å². The lowest BCUT2D eigenvalue weighted by Crippen LogP contribution is -2.55. The van der Waals surface area contributed by atoms with Crippen LogP contribution in [0.4, 0.5) is 9.59 Å². The molecule has 2 aliphatic rings. The van der Waals surface area contributed by atoms with E-state index in [1.165, 1.54) is 12.0 Å². The molecular formula is C30H47N5O9S. The number of carbonyl (C=O) groups is 3. The molecular weight excluding hydrogens is 606 g/mol. The summed E-state index contributed by atoms with van der Waals surface area (Å²) in [5, 5.41) is 14.5. The van der Waals surface area contributed by atoms with Gasteiger partial charge in [-0.05, 0) is 83.2 Å². The van der Waals surface area contributed by atoms with Crippen LogP contribution in [0.3, 0.4) is 0 Å². The fourth-order valence-electron chi connectivity index (χ4n) is 5.22. The highest BCUT2D eigenvalue weighted by molar-refractivity contribution is 7.89. The number of ether oxygens (including phenoxy) is 4. The van der Waals surface area contributed by atoms with Gasteiger partial charge in [-0.15, -0.1) is 0 Å². The van der Waals surface area contributed by atoms with Crippen molar-refractivity contribution in [2.75, 3.05) is 39.1 Å². The van der Waals surface area contributed by atoms with E-state index < -0.39 is 52.0 Å². The van der Waals surface area contributed by atoms with E-state index in [0.717, 1.165) is 25.9 Å². The van der Waals surface area contributed by atoms with E-state index in [4.69, 9.17) is 24.4 Å². The summed E-state index contributed by atoms with van der Waals surface area (Å²) in [6.45, 7) is 8.76. The summed E-state index contributed by atoms with van der Waals surface area (Å²) in [4.78, 5) is 39.1. The Bertz CT molecular complexity index is 1280. The van der Waals surface area contributed by atoms with Gasteiger partial charge in [-0.25, -0.2) is 22.7 Å². The summed E-state index contributed by atoms with van der Waals surface area (Å²) < 4.78 is 48.8. The second-order valence-corrected chi connectivity index (χ2v) is 14.1. The predicted molar refractivity (Wildman–Crippen MR) is 167 cm³/mol. The van der Waals surface area contributed by atoms with Gasteiger partial charge in [0.2, 0.25) is 10.0 Å². The van der Waals surface area contributed by atoms with Crippen molar-refractivity contribution in [1.82, 2.24) is 20.3 Å². The summed E-state index contributed by atoms with van der Waals surface area (Å²) in [6, 6.07) is 5.04. The van der Waals surface area contributed by atoms with Crippen LogP contribution in [0.2, 0.25) is 0 Å². The van der Waals surface area contributed by atoms with Crippen LogP contribution in [0.5, 0.6) is 5.75 Å². The van der Waals surface area contributed by atoms with Crippen LogP contribution in [-0.2, 0) is 35.4 Å². The maximum absolute atomic E-state index is 13.0. The molecule has 45 heavy (non-hydrogen) atoms. The van der Waals surface area contributed by atoms with E-state index in [9.17, 15) is 22.8 Å². The maximum atomic E-state index is 13.0. The number of alkyl carbamates (subject to hydrolysis) is 1. The Morgan fingerprint density at radius 3 is 2.44 bits per heavy atom. The molecule has 2 amide bonds. The van der Waals surface area contributed by atoms with E-state index in [1.807, 2.05) is 6.92 Å². The molecule has 15 heteroatoms. The summed E-state index contributed by atoms with van der Waals surface area (Å²) in [6.07, 6.45) is 0.758. The number of hydrogen-bond acceptors (Lipinski definition) is 11. The normalized spacial score (nSPS) is 18.9. The lowest BCUT2D eigenvalue weighted by Gasteiger charge is -2.35. The largest absolute Gasteiger partial charge is 0.490 e. The Morgan fingerprint density at radius 2 is 1.84 bits per heavy atom. The van der Waals surface area contributed by atoms with E-state index >= 15 is 0 Å². The molecule has 0 radical (unpaired) electrons. The molecule has 252 valence electrons. The Morgan fingerprint density at radius 1 is 1.18 bits per heavy atom. The number of nitrogens with zero attached hydrogens (tertiary/aromatic N) is 1. The number of carbonyl (C=O) groups excluding carboxylic acids is 3. The molecule has 2 fully saturated rings. The average Bonchev–Trinajstić information content (AvgIpc) is 3.34. The average molecular weight is 654 g/mol. The highest BCUT2D eigenvalue weighted by Crippen LogP contribution is 2.27. The SMILES string of the molecule is CCCCS(=O)(=O)NC(Cc1ccc(OCC2CN(C(C(=N)NC(=O)OC(C)(C)C)C3CCNCC3)C(=O)O2)cc1)C(=O)OC. The first kappa shape index (κ1) is 36.0. The molecule has 2 heterocycles. The molecule has 14 nitrogen and oxygen atoms in total. The quantitative estimate of drug-likeness (QED) is 0.101. The van der Waals surface area contributed by atoms with Gasteiger partial charge in [0.1, 0.15) is 29.8 Å². The number of unbranched alkanes of at least 4 members (excludes halogenated alkanes) is 1. The van der Waals surface area contributed by atoms with E-state index in [2.05, 4.69) is 15.4 Å². The highest BCUT2D eigenvalue weighted by Gasteiger charge is 2.43. The van der Waals surface area contributed by atoms with E-state index in [1.54, 1.807) is 45.0 Å². The molecule has 4 N–H and O–H groups in total. The monoisotopic (exact) mass is 653 g/mol. The van der Waals surface area contributed by atoms with Crippen LogP contribution < -0.4 is 20.1 Å². The van der Waals surface area contributed by atoms with Crippen LogP contribution in [0.1, 0.15) is 58.9 Å². The number of methoxy groups -OCH3 is 1. The van der Waals surface area contributed by atoms with Crippen molar-refractivity contribution in [3.05, 3.63) is 29.8 Å². The minimum Gasteiger partial charge on any atom is -0.490 e. The third-order valence-corrected chi connectivity index (χ3v) is 8.84. The molecule has 2 saturated heterocycles. The third-order valence-electron chi connectivity index (χ3n) is 7.37. The van der Waals surface area contributed by atoms with Crippen molar-refractivity contribution in [3.8, 4) is 5.75 Å². The maximum Gasteiger partial charge on any atom is 0.413 e. The van der Waals surface area contributed by atoms with Crippen molar-refractivity contribution in [2.45, 2.75) is 83.6 Å². The molecule has 0 aromatic heterocycles. The van der Waals surface area contributed by atoms with Gasteiger partial charge >= 0.3 is 18.2 Å². The molecule has 3 rings (SSSR count). The molecule has 3 unspecified atom stereocenters. The topological polar surface area (TPSA) is 185 Å². The Balaban J connectivity index is 1.61. The van der Waals surface area contributed by atoms with E-state index in [-0.39, 0.29) is 37.1 Å². The van der Waals surface area contributed by atoms with Crippen molar-refractivity contribution in [3.63, 3.8) is 0 Å². The Labute approximate surface area is 265 Å². The van der Waals surface area contributed by atoms with Crippen LogP contribution in [0, 0.1) is 11.3 Å². The number of cyclic esters (lactones) is 1. The zero-order valence-corrected chi connectivity index (χ0v) is 27.5. The van der Waals surface area contributed by atoms with E-state index in [0.29, 0.717) is 24.2 Å². The van der Waals surface area contributed by atoms with Gasteiger partial charge in [-0.3, -0.25) is 20.4 Å².